The van der Waals surface area contributed by atoms with Crippen molar-refractivity contribution in [3.05, 3.63) is 24.2 Å². The number of H-pyrrole nitrogens is 1. The number of piperidine rings is 1. The summed E-state index contributed by atoms with van der Waals surface area (Å²) in [5, 5.41) is 3.36. The molecule has 2 aromatic rings. The van der Waals surface area contributed by atoms with Gasteiger partial charge in [-0.2, -0.15) is 0 Å². The van der Waals surface area contributed by atoms with Gasteiger partial charge in [0.1, 0.15) is 5.82 Å². The lowest BCUT2D eigenvalue weighted by atomic mass is 9.98. The molecule has 0 aromatic carbocycles. The first-order valence-electron chi connectivity index (χ1n) is 5.45. The van der Waals surface area contributed by atoms with Crippen LogP contribution in [-0.2, 0) is 0 Å². The number of hydrogen-bond acceptors (Lipinski definition) is 3. The van der Waals surface area contributed by atoms with E-state index < -0.39 is 0 Å². The molecular formula is C11H15ClN4. The van der Waals surface area contributed by atoms with Gasteiger partial charge in [-0.1, -0.05) is 0 Å². The summed E-state index contributed by atoms with van der Waals surface area (Å²) in [4.78, 5) is 12.1. The molecule has 0 amide bonds. The maximum Gasteiger partial charge on any atom is 0.177 e. The van der Waals surface area contributed by atoms with Crippen LogP contribution in [0.5, 0.6) is 0 Å². The van der Waals surface area contributed by atoms with Gasteiger partial charge < -0.3 is 10.3 Å². The highest BCUT2D eigenvalue weighted by atomic mass is 35.5. The summed E-state index contributed by atoms with van der Waals surface area (Å²) in [5.74, 6) is 1.67. The summed E-state index contributed by atoms with van der Waals surface area (Å²) in [5.41, 5.74) is 1.89. The molecule has 2 N–H and O–H groups in total. The Bertz CT molecular complexity index is 429. The topological polar surface area (TPSA) is 53.6 Å². The summed E-state index contributed by atoms with van der Waals surface area (Å²) in [6, 6.07) is 3.96. The largest absolute Gasteiger partial charge is 0.340 e. The second-order valence-electron chi connectivity index (χ2n) is 4.02. The Labute approximate surface area is 100 Å². The molecular weight excluding hydrogens is 224 g/mol. The zero-order valence-electron chi connectivity index (χ0n) is 8.94. The molecule has 1 aliphatic heterocycles. The molecule has 3 rings (SSSR count). The third-order valence-electron chi connectivity index (χ3n) is 3.00. The first-order chi connectivity index (χ1) is 7.43. The van der Waals surface area contributed by atoms with E-state index in [0.29, 0.717) is 5.92 Å². The molecule has 0 bridgehead atoms. The highest BCUT2D eigenvalue weighted by Gasteiger charge is 2.18. The third kappa shape index (κ3) is 2.03. The Morgan fingerprint density at radius 1 is 1.25 bits per heavy atom. The molecule has 4 nitrogen and oxygen atoms in total. The molecule has 5 heteroatoms. The van der Waals surface area contributed by atoms with E-state index >= 15 is 0 Å². The molecule has 3 heterocycles. The fraction of sp³-hybridized carbons (Fsp3) is 0.455. The maximum atomic E-state index is 4.54. The second-order valence-corrected chi connectivity index (χ2v) is 4.02. The molecule has 1 saturated heterocycles. The molecule has 1 aliphatic rings. The van der Waals surface area contributed by atoms with Crippen LogP contribution in [0.15, 0.2) is 18.3 Å². The SMILES string of the molecule is Cl.c1cnc2nc(C3CCNCC3)[nH]c2c1. The van der Waals surface area contributed by atoms with Gasteiger partial charge in [0.25, 0.3) is 0 Å². The molecule has 86 valence electrons. The van der Waals surface area contributed by atoms with Crippen LogP contribution < -0.4 is 5.32 Å². The highest BCUT2D eigenvalue weighted by molar-refractivity contribution is 5.85. The van der Waals surface area contributed by atoms with E-state index in [1.165, 1.54) is 12.8 Å². The lowest BCUT2D eigenvalue weighted by molar-refractivity contribution is 0.448. The maximum absolute atomic E-state index is 4.54. The van der Waals surface area contributed by atoms with Gasteiger partial charge in [-0.3, -0.25) is 0 Å². The van der Waals surface area contributed by atoms with Gasteiger partial charge in [-0.25, -0.2) is 9.97 Å². The first kappa shape index (κ1) is 11.4. The van der Waals surface area contributed by atoms with Gasteiger partial charge in [0, 0.05) is 12.1 Å². The smallest absolute Gasteiger partial charge is 0.177 e. The number of aromatic nitrogens is 3. The fourth-order valence-corrected chi connectivity index (χ4v) is 2.15. The minimum Gasteiger partial charge on any atom is -0.340 e. The molecule has 0 atom stereocenters. The minimum atomic E-state index is 0. The van der Waals surface area contributed by atoms with Crippen molar-refractivity contribution in [3.63, 3.8) is 0 Å². The molecule has 0 radical (unpaired) electrons. The fourth-order valence-electron chi connectivity index (χ4n) is 2.15. The Balaban J connectivity index is 0.000000963. The normalized spacial score (nSPS) is 17.2. The summed E-state index contributed by atoms with van der Waals surface area (Å²) in [6.07, 6.45) is 4.12. The summed E-state index contributed by atoms with van der Waals surface area (Å²) < 4.78 is 0. The number of nitrogens with one attached hydrogen (secondary N) is 2. The third-order valence-corrected chi connectivity index (χ3v) is 3.00. The van der Waals surface area contributed by atoms with E-state index in [-0.39, 0.29) is 12.4 Å². The van der Waals surface area contributed by atoms with Crippen LogP contribution in [0.3, 0.4) is 0 Å². The van der Waals surface area contributed by atoms with E-state index in [4.69, 9.17) is 0 Å². The zero-order chi connectivity index (χ0) is 10.1. The molecule has 0 aliphatic carbocycles. The zero-order valence-corrected chi connectivity index (χ0v) is 9.76. The predicted octanol–water partition coefficient (Wildman–Crippen LogP) is 1.85. The van der Waals surface area contributed by atoms with Gasteiger partial charge in [0.15, 0.2) is 5.65 Å². The molecule has 16 heavy (non-hydrogen) atoms. The number of fused-ring (bicyclic) bond motifs is 1. The van der Waals surface area contributed by atoms with Crippen molar-refractivity contribution >= 4 is 23.6 Å². The lowest BCUT2D eigenvalue weighted by Crippen LogP contribution is -2.27. The van der Waals surface area contributed by atoms with Gasteiger partial charge in [0.05, 0.1) is 5.52 Å². The molecule has 0 spiro atoms. The quantitative estimate of drug-likeness (QED) is 0.797. The van der Waals surface area contributed by atoms with Crippen molar-refractivity contribution in [2.45, 2.75) is 18.8 Å². The Morgan fingerprint density at radius 2 is 2.06 bits per heavy atom. The number of imidazole rings is 1. The number of nitrogens with zero attached hydrogens (tertiary/aromatic N) is 2. The number of aromatic amines is 1. The van der Waals surface area contributed by atoms with Crippen molar-refractivity contribution < 1.29 is 0 Å². The second kappa shape index (κ2) is 4.80. The number of pyridine rings is 1. The van der Waals surface area contributed by atoms with E-state index in [2.05, 4.69) is 20.3 Å². The average molecular weight is 239 g/mol. The van der Waals surface area contributed by atoms with Crippen LogP contribution in [0.1, 0.15) is 24.6 Å². The Morgan fingerprint density at radius 3 is 2.81 bits per heavy atom. The van der Waals surface area contributed by atoms with Crippen molar-refractivity contribution in [1.82, 2.24) is 20.3 Å². The van der Waals surface area contributed by atoms with Crippen molar-refractivity contribution in [3.8, 4) is 0 Å². The van der Waals surface area contributed by atoms with Crippen molar-refractivity contribution in [2.75, 3.05) is 13.1 Å². The van der Waals surface area contributed by atoms with Gasteiger partial charge in [0.2, 0.25) is 0 Å². The molecule has 1 fully saturated rings. The van der Waals surface area contributed by atoms with E-state index in [1.54, 1.807) is 6.20 Å². The van der Waals surface area contributed by atoms with Gasteiger partial charge in [-0.05, 0) is 38.1 Å². The van der Waals surface area contributed by atoms with Crippen molar-refractivity contribution in [1.29, 1.82) is 0 Å². The van der Waals surface area contributed by atoms with E-state index in [9.17, 15) is 0 Å². The summed E-state index contributed by atoms with van der Waals surface area (Å²) in [6.45, 7) is 2.18. The van der Waals surface area contributed by atoms with Crippen LogP contribution in [0.2, 0.25) is 0 Å². The van der Waals surface area contributed by atoms with Crippen LogP contribution in [-0.4, -0.2) is 28.0 Å². The predicted molar refractivity (Wildman–Crippen MR) is 66.0 cm³/mol. The van der Waals surface area contributed by atoms with E-state index in [1.807, 2.05) is 12.1 Å². The summed E-state index contributed by atoms with van der Waals surface area (Å²) in [7, 11) is 0. The van der Waals surface area contributed by atoms with Crippen LogP contribution >= 0.6 is 12.4 Å². The standard InChI is InChI=1S/C11H14N4.ClH/c1-2-9-11(13-5-1)15-10(14-9)8-3-6-12-7-4-8;/h1-2,5,8,12H,3-4,6-7H2,(H,13,14,15);1H. The van der Waals surface area contributed by atoms with Crippen LogP contribution in [0.4, 0.5) is 0 Å². The Kier molecular flexibility index (Phi) is 3.41. The summed E-state index contributed by atoms with van der Waals surface area (Å²) >= 11 is 0. The highest BCUT2D eigenvalue weighted by Crippen LogP contribution is 2.23. The molecule has 2 aromatic heterocycles. The molecule has 0 unspecified atom stereocenters. The molecule has 0 saturated carbocycles. The van der Waals surface area contributed by atoms with Gasteiger partial charge in [-0.15, -0.1) is 12.4 Å². The first-order valence-corrected chi connectivity index (χ1v) is 5.45. The number of hydrogen-bond donors (Lipinski definition) is 2. The monoisotopic (exact) mass is 238 g/mol. The van der Waals surface area contributed by atoms with Gasteiger partial charge >= 0.3 is 0 Å². The Hall–Kier alpha value is -1.13. The van der Waals surface area contributed by atoms with Crippen molar-refractivity contribution in [2.24, 2.45) is 0 Å². The average Bonchev–Trinajstić information content (AvgIpc) is 2.74. The lowest BCUT2D eigenvalue weighted by Gasteiger charge is -2.20. The van der Waals surface area contributed by atoms with E-state index in [0.717, 1.165) is 30.1 Å². The van der Waals surface area contributed by atoms with Crippen LogP contribution in [0, 0.1) is 0 Å². The minimum absolute atomic E-state index is 0. The number of halogens is 1. The number of rotatable bonds is 1. The van der Waals surface area contributed by atoms with Crippen LogP contribution in [0.25, 0.3) is 11.2 Å².